The van der Waals surface area contributed by atoms with Crippen LogP contribution in [-0.4, -0.2) is 25.3 Å². The second-order valence-corrected chi connectivity index (χ2v) is 5.19. The van der Waals surface area contributed by atoms with Gasteiger partial charge in [-0.25, -0.2) is 0 Å². The molecule has 2 aromatic rings. The average molecular weight is 302 g/mol. The van der Waals surface area contributed by atoms with Crippen LogP contribution in [-0.2, 0) is 0 Å². The summed E-state index contributed by atoms with van der Waals surface area (Å²) in [6.07, 6.45) is 2.04. The topological polar surface area (TPSA) is 68.3 Å². The molecule has 0 saturated heterocycles. The number of hydrogen-bond donors (Lipinski definition) is 2. The Morgan fingerprint density at radius 2 is 1.43 bits per heavy atom. The van der Waals surface area contributed by atoms with Gasteiger partial charge in [0.15, 0.2) is 0 Å². The van der Waals surface area contributed by atoms with Crippen LogP contribution in [0.1, 0.15) is 5.56 Å². The van der Waals surface area contributed by atoms with Gasteiger partial charge in [0.25, 0.3) is 0 Å². The van der Waals surface area contributed by atoms with Crippen LogP contribution in [0.4, 0.5) is 0 Å². The Kier molecular flexibility index (Phi) is 5.51. The summed E-state index contributed by atoms with van der Waals surface area (Å²) in [6.45, 7) is 0.941. The Labute approximate surface area is 128 Å². The maximum atomic E-state index is 7.31. The van der Waals surface area contributed by atoms with Crippen LogP contribution in [0.25, 0.3) is 0 Å². The van der Waals surface area contributed by atoms with Crippen molar-refractivity contribution in [2.24, 2.45) is 5.73 Å². The van der Waals surface area contributed by atoms with E-state index in [1.165, 1.54) is 4.90 Å². The lowest BCUT2D eigenvalue weighted by Crippen LogP contribution is -2.11. The van der Waals surface area contributed by atoms with Gasteiger partial charge in [-0.1, -0.05) is 0 Å². The molecule has 0 bridgehead atoms. The molecule has 2 aromatic carbocycles. The van der Waals surface area contributed by atoms with E-state index in [0.717, 1.165) is 11.5 Å². The number of amidine groups is 1. The summed E-state index contributed by atoms with van der Waals surface area (Å²) in [5.41, 5.74) is 6.08. The first-order valence-electron chi connectivity index (χ1n) is 6.53. The fourth-order valence-electron chi connectivity index (χ4n) is 1.72. The average Bonchev–Trinajstić information content (AvgIpc) is 2.52. The van der Waals surface area contributed by atoms with Gasteiger partial charge in [0.1, 0.15) is 30.5 Å². The summed E-state index contributed by atoms with van der Waals surface area (Å²) >= 11 is 1.70. The highest BCUT2D eigenvalue weighted by Crippen LogP contribution is 2.19. The van der Waals surface area contributed by atoms with E-state index in [9.17, 15) is 0 Å². The molecule has 0 spiro atoms. The highest BCUT2D eigenvalue weighted by atomic mass is 32.2. The van der Waals surface area contributed by atoms with Crippen molar-refractivity contribution >= 4 is 17.6 Å². The highest BCUT2D eigenvalue weighted by molar-refractivity contribution is 7.98. The van der Waals surface area contributed by atoms with Crippen LogP contribution >= 0.6 is 11.8 Å². The molecule has 0 aliphatic carbocycles. The molecule has 0 amide bonds. The standard InChI is InChI=1S/C16H18N2O2S/c1-21-15-8-6-14(7-9-15)20-11-10-19-13-4-2-12(3-5-13)16(17)18/h2-9H,10-11H2,1H3,(H3,17,18). The first-order chi connectivity index (χ1) is 10.2. The van der Waals surface area contributed by atoms with Crippen molar-refractivity contribution in [3.63, 3.8) is 0 Å². The SMILES string of the molecule is CSc1ccc(OCCOc2ccc(C(=N)N)cc2)cc1. The maximum Gasteiger partial charge on any atom is 0.122 e. The fourth-order valence-corrected chi connectivity index (χ4v) is 2.13. The molecule has 0 unspecified atom stereocenters. The molecular formula is C16H18N2O2S. The van der Waals surface area contributed by atoms with Crippen molar-refractivity contribution in [2.75, 3.05) is 19.5 Å². The summed E-state index contributed by atoms with van der Waals surface area (Å²) in [4.78, 5) is 1.21. The molecule has 5 heteroatoms. The van der Waals surface area contributed by atoms with Gasteiger partial charge in [-0.2, -0.15) is 0 Å². The van der Waals surface area contributed by atoms with Crippen molar-refractivity contribution in [2.45, 2.75) is 4.90 Å². The Hall–Kier alpha value is -2.14. The number of rotatable bonds is 7. The summed E-state index contributed by atoms with van der Waals surface area (Å²) in [6, 6.07) is 15.1. The molecule has 0 saturated carbocycles. The normalized spacial score (nSPS) is 10.1. The Morgan fingerprint density at radius 1 is 0.952 bits per heavy atom. The largest absolute Gasteiger partial charge is 0.490 e. The van der Waals surface area contributed by atoms with Gasteiger partial charge in [0, 0.05) is 10.5 Å². The molecular weight excluding hydrogens is 284 g/mol. The first kappa shape index (κ1) is 15.3. The van der Waals surface area contributed by atoms with Crippen molar-refractivity contribution in [3.05, 3.63) is 54.1 Å². The Bertz CT molecular complexity index is 582. The van der Waals surface area contributed by atoms with E-state index in [1.54, 1.807) is 36.0 Å². The van der Waals surface area contributed by atoms with Gasteiger partial charge in [-0.3, -0.25) is 5.41 Å². The second kappa shape index (κ2) is 7.59. The van der Waals surface area contributed by atoms with E-state index in [1.807, 2.05) is 30.5 Å². The van der Waals surface area contributed by atoms with Crippen molar-refractivity contribution < 1.29 is 9.47 Å². The summed E-state index contributed by atoms with van der Waals surface area (Å²) in [7, 11) is 0. The summed E-state index contributed by atoms with van der Waals surface area (Å²) in [5, 5.41) is 7.31. The van der Waals surface area contributed by atoms with Gasteiger partial charge in [-0.05, 0) is 54.8 Å². The molecule has 21 heavy (non-hydrogen) atoms. The maximum absolute atomic E-state index is 7.31. The molecule has 0 aliphatic heterocycles. The van der Waals surface area contributed by atoms with E-state index in [0.29, 0.717) is 18.8 Å². The van der Waals surface area contributed by atoms with E-state index >= 15 is 0 Å². The van der Waals surface area contributed by atoms with E-state index in [4.69, 9.17) is 20.6 Å². The quantitative estimate of drug-likeness (QED) is 0.357. The lowest BCUT2D eigenvalue weighted by atomic mass is 10.2. The number of thioether (sulfide) groups is 1. The zero-order chi connectivity index (χ0) is 15.1. The van der Waals surface area contributed by atoms with Gasteiger partial charge in [0.05, 0.1) is 0 Å². The monoisotopic (exact) mass is 302 g/mol. The number of hydrogen-bond acceptors (Lipinski definition) is 4. The zero-order valence-corrected chi connectivity index (χ0v) is 12.7. The second-order valence-electron chi connectivity index (χ2n) is 4.31. The Morgan fingerprint density at radius 3 is 1.86 bits per heavy atom. The van der Waals surface area contributed by atoms with Crippen LogP contribution in [0.3, 0.4) is 0 Å². The molecule has 0 radical (unpaired) electrons. The molecule has 0 atom stereocenters. The lowest BCUT2D eigenvalue weighted by Gasteiger charge is -2.09. The first-order valence-corrected chi connectivity index (χ1v) is 7.75. The van der Waals surface area contributed by atoms with E-state index in [2.05, 4.69) is 0 Å². The van der Waals surface area contributed by atoms with Crippen LogP contribution in [0.2, 0.25) is 0 Å². The highest BCUT2D eigenvalue weighted by Gasteiger charge is 1.99. The number of ether oxygens (including phenoxy) is 2. The zero-order valence-electron chi connectivity index (χ0n) is 11.8. The third-order valence-corrected chi connectivity index (χ3v) is 3.59. The fraction of sp³-hybridized carbons (Fsp3) is 0.188. The molecule has 0 heterocycles. The van der Waals surface area contributed by atoms with Crippen LogP contribution in [0.5, 0.6) is 11.5 Å². The minimum atomic E-state index is 0.0542. The predicted octanol–water partition coefficient (Wildman–Crippen LogP) is 3.15. The third-order valence-electron chi connectivity index (χ3n) is 2.85. The van der Waals surface area contributed by atoms with Gasteiger partial charge < -0.3 is 15.2 Å². The number of nitrogen functional groups attached to an aromatic ring is 1. The van der Waals surface area contributed by atoms with Crippen molar-refractivity contribution in [1.29, 1.82) is 5.41 Å². The van der Waals surface area contributed by atoms with Crippen LogP contribution in [0.15, 0.2) is 53.4 Å². The molecule has 4 nitrogen and oxygen atoms in total. The molecule has 0 aromatic heterocycles. The minimum Gasteiger partial charge on any atom is -0.490 e. The summed E-state index contributed by atoms with van der Waals surface area (Å²) in [5.74, 6) is 1.63. The van der Waals surface area contributed by atoms with Crippen LogP contribution in [0, 0.1) is 5.41 Å². The molecule has 2 rings (SSSR count). The van der Waals surface area contributed by atoms with Gasteiger partial charge in [-0.15, -0.1) is 11.8 Å². The van der Waals surface area contributed by atoms with Crippen LogP contribution < -0.4 is 15.2 Å². The van der Waals surface area contributed by atoms with Gasteiger partial charge in [0.2, 0.25) is 0 Å². The Balaban J connectivity index is 1.74. The molecule has 3 N–H and O–H groups in total. The summed E-state index contributed by atoms with van der Waals surface area (Å²) < 4.78 is 11.2. The number of benzene rings is 2. The molecule has 0 fully saturated rings. The lowest BCUT2D eigenvalue weighted by molar-refractivity contribution is 0.217. The minimum absolute atomic E-state index is 0.0542. The van der Waals surface area contributed by atoms with E-state index in [-0.39, 0.29) is 5.84 Å². The predicted molar refractivity (Wildman–Crippen MR) is 86.7 cm³/mol. The molecule has 0 aliphatic rings. The van der Waals surface area contributed by atoms with Crippen molar-refractivity contribution in [3.8, 4) is 11.5 Å². The van der Waals surface area contributed by atoms with Crippen molar-refractivity contribution in [1.82, 2.24) is 0 Å². The smallest absolute Gasteiger partial charge is 0.122 e. The molecule has 110 valence electrons. The third kappa shape index (κ3) is 4.72. The van der Waals surface area contributed by atoms with Gasteiger partial charge >= 0.3 is 0 Å². The number of nitrogens with two attached hydrogens (primary N) is 1. The van der Waals surface area contributed by atoms with E-state index < -0.39 is 0 Å². The number of nitrogens with one attached hydrogen (secondary N) is 1.